The zero-order valence-corrected chi connectivity index (χ0v) is 7.35. The van der Waals surface area contributed by atoms with E-state index in [2.05, 4.69) is 26.8 Å². The van der Waals surface area contributed by atoms with Gasteiger partial charge in [-0.1, -0.05) is 25.5 Å². The van der Waals surface area contributed by atoms with E-state index in [-0.39, 0.29) is 0 Å². The average molecular weight is 138 g/mol. The molecule has 0 bridgehead atoms. The highest BCUT2D eigenvalue weighted by molar-refractivity contribution is 5.02. The van der Waals surface area contributed by atoms with Gasteiger partial charge in [-0.05, 0) is 38.0 Å². The van der Waals surface area contributed by atoms with Crippen molar-refractivity contribution < 1.29 is 0 Å². The second-order valence-electron chi connectivity index (χ2n) is 3.78. The minimum absolute atomic E-state index is 0.749. The van der Waals surface area contributed by atoms with Gasteiger partial charge in [-0.2, -0.15) is 0 Å². The van der Waals surface area contributed by atoms with Crippen LogP contribution in [0.25, 0.3) is 0 Å². The lowest BCUT2D eigenvalue weighted by atomic mass is 10.0. The summed E-state index contributed by atoms with van der Waals surface area (Å²) in [5.41, 5.74) is 1.56. The third-order valence-electron chi connectivity index (χ3n) is 2.38. The van der Waals surface area contributed by atoms with Crippen LogP contribution in [0.5, 0.6) is 0 Å². The first-order valence-electron chi connectivity index (χ1n) is 4.37. The Balaban J connectivity index is 2.22. The largest absolute Gasteiger partial charge is 0.0851 e. The van der Waals surface area contributed by atoms with E-state index in [0.717, 1.165) is 11.8 Å². The Morgan fingerprint density at radius 3 is 2.50 bits per heavy atom. The molecule has 0 saturated heterocycles. The summed E-state index contributed by atoms with van der Waals surface area (Å²) >= 11 is 0. The molecule has 0 amide bonds. The van der Waals surface area contributed by atoms with Gasteiger partial charge in [-0.25, -0.2) is 0 Å². The fourth-order valence-corrected chi connectivity index (χ4v) is 0.942. The third kappa shape index (κ3) is 2.55. The van der Waals surface area contributed by atoms with Crippen molar-refractivity contribution in [3.63, 3.8) is 0 Å². The summed E-state index contributed by atoms with van der Waals surface area (Å²) in [5, 5.41) is 0. The number of allylic oxidation sites excluding steroid dienone is 2. The van der Waals surface area contributed by atoms with Crippen molar-refractivity contribution in [3.8, 4) is 0 Å². The van der Waals surface area contributed by atoms with Crippen molar-refractivity contribution in [2.45, 2.75) is 40.0 Å². The van der Waals surface area contributed by atoms with Gasteiger partial charge in [-0.15, -0.1) is 0 Å². The summed E-state index contributed by atoms with van der Waals surface area (Å²) in [5.74, 6) is 1.80. The molecule has 0 atom stereocenters. The van der Waals surface area contributed by atoms with Crippen LogP contribution in [0.3, 0.4) is 0 Å². The molecule has 0 spiro atoms. The molecule has 0 nitrogen and oxygen atoms in total. The Morgan fingerprint density at radius 2 is 2.10 bits per heavy atom. The highest BCUT2D eigenvalue weighted by Crippen LogP contribution is 2.33. The van der Waals surface area contributed by atoms with E-state index in [0.29, 0.717) is 0 Å². The molecule has 1 aliphatic rings. The van der Waals surface area contributed by atoms with E-state index >= 15 is 0 Å². The molecule has 1 aliphatic carbocycles. The van der Waals surface area contributed by atoms with Gasteiger partial charge < -0.3 is 0 Å². The molecule has 0 aliphatic heterocycles. The normalized spacial score (nSPS) is 20.2. The molecule has 0 unspecified atom stereocenters. The van der Waals surface area contributed by atoms with Gasteiger partial charge in [0.1, 0.15) is 0 Å². The number of hydrogen-bond donors (Lipinski definition) is 0. The summed E-state index contributed by atoms with van der Waals surface area (Å²) in [4.78, 5) is 0. The van der Waals surface area contributed by atoms with E-state index in [4.69, 9.17) is 0 Å². The van der Waals surface area contributed by atoms with Crippen LogP contribution in [0, 0.1) is 11.8 Å². The maximum absolute atomic E-state index is 2.42. The summed E-state index contributed by atoms with van der Waals surface area (Å²) in [6, 6.07) is 0. The van der Waals surface area contributed by atoms with Gasteiger partial charge in [0.25, 0.3) is 0 Å². The van der Waals surface area contributed by atoms with Gasteiger partial charge >= 0.3 is 0 Å². The van der Waals surface area contributed by atoms with Crippen molar-refractivity contribution in [3.05, 3.63) is 11.6 Å². The van der Waals surface area contributed by atoms with Crippen LogP contribution in [-0.4, -0.2) is 0 Å². The monoisotopic (exact) mass is 138 g/mol. The topological polar surface area (TPSA) is 0 Å². The molecule has 0 heterocycles. The predicted molar refractivity (Wildman–Crippen MR) is 45.9 cm³/mol. The standard InChI is InChI=1S/C10H18/c1-8(2)9(3)4-5-10-6-7-10/h4,8,10H,5-7H2,1-3H3. The van der Waals surface area contributed by atoms with Crippen molar-refractivity contribution in [1.29, 1.82) is 0 Å². The van der Waals surface area contributed by atoms with Gasteiger partial charge in [0, 0.05) is 0 Å². The van der Waals surface area contributed by atoms with E-state index in [1.807, 2.05) is 0 Å². The first-order chi connectivity index (χ1) is 4.70. The lowest BCUT2D eigenvalue weighted by molar-refractivity contribution is 0.748. The summed E-state index contributed by atoms with van der Waals surface area (Å²) < 4.78 is 0. The van der Waals surface area contributed by atoms with Crippen LogP contribution in [0.1, 0.15) is 40.0 Å². The van der Waals surface area contributed by atoms with Crippen LogP contribution in [0.15, 0.2) is 11.6 Å². The van der Waals surface area contributed by atoms with E-state index in [1.54, 1.807) is 5.57 Å². The molecule has 1 saturated carbocycles. The van der Waals surface area contributed by atoms with E-state index in [9.17, 15) is 0 Å². The molecule has 10 heavy (non-hydrogen) atoms. The van der Waals surface area contributed by atoms with Crippen LogP contribution in [-0.2, 0) is 0 Å². The third-order valence-corrected chi connectivity index (χ3v) is 2.38. The lowest BCUT2D eigenvalue weighted by Crippen LogP contribution is -1.88. The average Bonchev–Trinajstić information content (AvgIpc) is 2.64. The van der Waals surface area contributed by atoms with Crippen LogP contribution in [0.4, 0.5) is 0 Å². The molecule has 0 aromatic heterocycles. The van der Waals surface area contributed by atoms with Crippen molar-refractivity contribution in [1.82, 2.24) is 0 Å². The molecular formula is C10H18. The molecule has 58 valence electrons. The predicted octanol–water partition coefficient (Wildman–Crippen LogP) is 3.39. The SMILES string of the molecule is CC(=CCC1CC1)C(C)C. The minimum atomic E-state index is 0.749. The van der Waals surface area contributed by atoms with Gasteiger partial charge in [0.05, 0.1) is 0 Å². The fourth-order valence-electron chi connectivity index (χ4n) is 0.942. The molecule has 0 aromatic carbocycles. The Labute approximate surface area is 64.3 Å². The van der Waals surface area contributed by atoms with Crippen molar-refractivity contribution in [2.24, 2.45) is 11.8 Å². The zero-order valence-electron chi connectivity index (χ0n) is 7.35. The van der Waals surface area contributed by atoms with Crippen LogP contribution >= 0.6 is 0 Å². The molecule has 0 heteroatoms. The minimum Gasteiger partial charge on any atom is -0.0851 e. The molecule has 0 aromatic rings. The molecule has 0 N–H and O–H groups in total. The number of hydrogen-bond acceptors (Lipinski definition) is 0. The second-order valence-corrected chi connectivity index (χ2v) is 3.78. The quantitative estimate of drug-likeness (QED) is 0.524. The Morgan fingerprint density at radius 1 is 1.50 bits per heavy atom. The Kier molecular flexibility index (Phi) is 2.53. The smallest absolute Gasteiger partial charge is 0.0263 e. The van der Waals surface area contributed by atoms with E-state index < -0.39 is 0 Å². The van der Waals surface area contributed by atoms with Crippen LogP contribution in [0.2, 0.25) is 0 Å². The molecule has 1 fully saturated rings. The maximum atomic E-state index is 2.42. The van der Waals surface area contributed by atoms with E-state index in [1.165, 1.54) is 19.3 Å². The first-order valence-corrected chi connectivity index (χ1v) is 4.37. The van der Waals surface area contributed by atoms with Crippen molar-refractivity contribution in [2.75, 3.05) is 0 Å². The maximum Gasteiger partial charge on any atom is -0.0263 e. The summed E-state index contributed by atoms with van der Waals surface area (Å²) in [6.07, 6.45) is 6.70. The van der Waals surface area contributed by atoms with Gasteiger partial charge in [0.15, 0.2) is 0 Å². The highest BCUT2D eigenvalue weighted by Gasteiger charge is 2.19. The van der Waals surface area contributed by atoms with Crippen LogP contribution < -0.4 is 0 Å². The Hall–Kier alpha value is -0.260. The summed E-state index contributed by atoms with van der Waals surface area (Å²) in [6.45, 7) is 6.77. The number of rotatable bonds is 3. The fraction of sp³-hybridized carbons (Fsp3) is 0.800. The highest BCUT2D eigenvalue weighted by atomic mass is 14.2. The summed E-state index contributed by atoms with van der Waals surface area (Å²) in [7, 11) is 0. The molecule has 0 radical (unpaired) electrons. The Bertz CT molecular complexity index is 127. The van der Waals surface area contributed by atoms with Gasteiger partial charge in [-0.3, -0.25) is 0 Å². The second kappa shape index (κ2) is 3.23. The lowest BCUT2D eigenvalue weighted by Gasteiger charge is -2.03. The molecule has 1 rings (SSSR count). The first kappa shape index (κ1) is 7.84. The molecular weight excluding hydrogens is 120 g/mol. The van der Waals surface area contributed by atoms with Gasteiger partial charge in [0.2, 0.25) is 0 Å². The zero-order chi connectivity index (χ0) is 7.56. The van der Waals surface area contributed by atoms with Crippen molar-refractivity contribution >= 4 is 0 Å².